The van der Waals surface area contributed by atoms with E-state index < -0.39 is 12.2 Å². The number of nitriles is 1. The molecule has 0 amide bonds. The Kier molecular flexibility index (Phi) is 5.52. The molecule has 0 aliphatic rings. The van der Waals surface area contributed by atoms with Gasteiger partial charge in [-0.3, -0.25) is 4.98 Å². The van der Waals surface area contributed by atoms with Crippen molar-refractivity contribution < 1.29 is 13.2 Å². The molecule has 0 fully saturated rings. The van der Waals surface area contributed by atoms with E-state index in [-0.39, 0.29) is 5.56 Å². The Labute approximate surface area is 140 Å². The van der Waals surface area contributed by atoms with E-state index in [1.165, 1.54) is 49.8 Å². The van der Waals surface area contributed by atoms with Gasteiger partial charge in [-0.25, -0.2) is 4.31 Å². The molecule has 2 rings (SSSR count). The first-order chi connectivity index (χ1) is 10.8. The zero-order valence-electron chi connectivity index (χ0n) is 11.9. The first-order valence-electron chi connectivity index (χ1n) is 6.39. The summed E-state index contributed by atoms with van der Waals surface area (Å²) in [6.07, 6.45) is -1.70. The van der Waals surface area contributed by atoms with Crippen LogP contribution in [0.2, 0.25) is 5.02 Å². The lowest BCUT2D eigenvalue weighted by Gasteiger charge is -2.29. The van der Waals surface area contributed by atoms with Crippen LogP contribution in [0.25, 0.3) is 0 Å². The monoisotopic (exact) mass is 357 g/mol. The zero-order valence-corrected chi connectivity index (χ0v) is 13.5. The number of aromatic nitrogens is 1. The Morgan fingerprint density at radius 3 is 2.48 bits per heavy atom. The van der Waals surface area contributed by atoms with Gasteiger partial charge in [0.2, 0.25) is 0 Å². The van der Waals surface area contributed by atoms with Crippen LogP contribution in [-0.2, 0) is 0 Å². The van der Waals surface area contributed by atoms with Crippen LogP contribution >= 0.6 is 23.5 Å². The van der Waals surface area contributed by atoms with Crippen LogP contribution < -0.4 is 0 Å². The highest BCUT2D eigenvalue weighted by Crippen LogP contribution is 2.41. The number of rotatable bonds is 4. The molecule has 3 nitrogen and oxygen atoms in total. The summed E-state index contributed by atoms with van der Waals surface area (Å²) in [5, 5.41) is 9.20. The summed E-state index contributed by atoms with van der Waals surface area (Å²) in [5.74, 6) is 0. The Hall–Kier alpha value is -1.75. The van der Waals surface area contributed by atoms with Crippen molar-refractivity contribution in [3.8, 4) is 6.07 Å². The van der Waals surface area contributed by atoms with Gasteiger partial charge in [-0.2, -0.15) is 18.4 Å². The Morgan fingerprint density at radius 1 is 1.26 bits per heavy atom. The van der Waals surface area contributed by atoms with Crippen molar-refractivity contribution in [1.82, 2.24) is 9.29 Å². The highest BCUT2D eigenvalue weighted by atomic mass is 35.5. The van der Waals surface area contributed by atoms with E-state index >= 15 is 0 Å². The molecule has 1 aromatic carbocycles. The molecule has 2 aromatic rings. The molecular formula is C15H11ClF3N3S. The number of hydrogen-bond donors (Lipinski definition) is 0. The third-order valence-electron chi connectivity index (χ3n) is 2.95. The molecule has 8 heteroatoms. The lowest BCUT2D eigenvalue weighted by atomic mass is 10.1. The van der Waals surface area contributed by atoms with Crippen molar-refractivity contribution in [2.45, 2.75) is 17.1 Å². The normalized spacial score (nSPS) is 12.9. The fourth-order valence-corrected chi connectivity index (χ4v) is 3.09. The van der Waals surface area contributed by atoms with Gasteiger partial charge in [-0.05, 0) is 42.8 Å². The van der Waals surface area contributed by atoms with Crippen LogP contribution in [0.3, 0.4) is 0 Å². The highest BCUT2D eigenvalue weighted by molar-refractivity contribution is 7.97. The molecule has 0 spiro atoms. The number of halogens is 4. The fourth-order valence-electron chi connectivity index (χ4n) is 2.00. The first kappa shape index (κ1) is 17.6. The second-order valence-electron chi connectivity index (χ2n) is 4.65. The van der Waals surface area contributed by atoms with Crippen molar-refractivity contribution in [3.63, 3.8) is 0 Å². The molecule has 0 saturated carbocycles. The van der Waals surface area contributed by atoms with Crippen molar-refractivity contribution in [2.75, 3.05) is 7.05 Å². The molecule has 0 bridgehead atoms. The van der Waals surface area contributed by atoms with Crippen molar-refractivity contribution in [2.24, 2.45) is 0 Å². The van der Waals surface area contributed by atoms with Gasteiger partial charge >= 0.3 is 6.18 Å². The van der Waals surface area contributed by atoms with Gasteiger partial charge in [-0.15, -0.1) is 0 Å². The van der Waals surface area contributed by atoms with E-state index in [0.717, 1.165) is 16.3 Å². The average molecular weight is 358 g/mol. The van der Waals surface area contributed by atoms with Crippen LogP contribution in [0.1, 0.15) is 17.2 Å². The third kappa shape index (κ3) is 4.61. The third-order valence-corrected chi connectivity index (χ3v) is 4.14. The average Bonchev–Trinajstić information content (AvgIpc) is 2.48. The summed E-state index contributed by atoms with van der Waals surface area (Å²) >= 11 is 6.61. The molecule has 0 N–H and O–H groups in total. The zero-order chi connectivity index (χ0) is 17.0. The summed E-state index contributed by atoms with van der Waals surface area (Å²) in [5.41, 5.74) is 0.375. The minimum atomic E-state index is -4.46. The topological polar surface area (TPSA) is 39.9 Å². The SMILES string of the molecule is CN(Sc1cncc(C#N)c1)C(c1ccc(Cl)cc1)C(F)(F)F. The molecule has 23 heavy (non-hydrogen) atoms. The fraction of sp³-hybridized carbons (Fsp3) is 0.200. The maximum Gasteiger partial charge on any atom is 0.408 e. The molecule has 120 valence electrons. The maximum atomic E-state index is 13.4. The van der Waals surface area contributed by atoms with Gasteiger partial charge < -0.3 is 0 Å². The summed E-state index contributed by atoms with van der Waals surface area (Å²) in [4.78, 5) is 4.30. The molecule has 0 aliphatic carbocycles. The molecular weight excluding hydrogens is 347 g/mol. The molecule has 1 atom stereocenters. The van der Waals surface area contributed by atoms with Crippen LogP contribution in [0.5, 0.6) is 0 Å². The van der Waals surface area contributed by atoms with E-state index in [4.69, 9.17) is 16.9 Å². The predicted molar refractivity (Wildman–Crippen MR) is 82.8 cm³/mol. The van der Waals surface area contributed by atoms with Crippen LogP contribution in [0.15, 0.2) is 47.6 Å². The number of hydrogen-bond acceptors (Lipinski definition) is 4. The van der Waals surface area contributed by atoms with Gasteiger partial charge in [-0.1, -0.05) is 23.7 Å². The van der Waals surface area contributed by atoms with Crippen LogP contribution in [0.4, 0.5) is 13.2 Å². The van der Waals surface area contributed by atoms with Gasteiger partial charge in [0.25, 0.3) is 0 Å². The van der Waals surface area contributed by atoms with Crippen molar-refractivity contribution in [3.05, 3.63) is 58.9 Å². The van der Waals surface area contributed by atoms with Gasteiger partial charge in [0.1, 0.15) is 12.1 Å². The second kappa shape index (κ2) is 7.21. The summed E-state index contributed by atoms with van der Waals surface area (Å²) in [7, 11) is 1.34. The number of pyridine rings is 1. The van der Waals surface area contributed by atoms with E-state index in [1.807, 2.05) is 6.07 Å². The van der Waals surface area contributed by atoms with E-state index in [0.29, 0.717) is 15.5 Å². The van der Waals surface area contributed by atoms with Gasteiger partial charge in [0, 0.05) is 22.3 Å². The standard InChI is InChI=1S/C15H11ClF3N3S/c1-22(23-13-6-10(7-20)8-21-9-13)14(15(17,18)19)11-2-4-12(16)5-3-11/h2-6,8-9,14H,1H3. The molecule has 1 unspecified atom stereocenters. The van der Waals surface area contributed by atoms with Crippen LogP contribution in [-0.4, -0.2) is 22.5 Å². The Balaban J connectivity index is 2.28. The minimum Gasteiger partial charge on any atom is -0.262 e. The quantitative estimate of drug-likeness (QED) is 0.733. The van der Waals surface area contributed by atoms with E-state index in [2.05, 4.69) is 4.98 Å². The van der Waals surface area contributed by atoms with Crippen LogP contribution in [0, 0.1) is 11.3 Å². The number of nitrogens with zero attached hydrogens (tertiary/aromatic N) is 3. The Morgan fingerprint density at radius 2 is 1.91 bits per heavy atom. The second-order valence-corrected chi connectivity index (χ2v) is 6.32. The van der Waals surface area contributed by atoms with Gasteiger partial charge in [0.15, 0.2) is 0 Å². The molecule has 0 aliphatic heterocycles. The molecule has 1 heterocycles. The van der Waals surface area contributed by atoms with Crippen molar-refractivity contribution in [1.29, 1.82) is 5.26 Å². The highest BCUT2D eigenvalue weighted by Gasteiger charge is 2.44. The summed E-state index contributed by atoms with van der Waals surface area (Å²) < 4.78 is 41.4. The first-order valence-corrected chi connectivity index (χ1v) is 7.54. The smallest absolute Gasteiger partial charge is 0.262 e. The largest absolute Gasteiger partial charge is 0.408 e. The molecule has 0 saturated heterocycles. The van der Waals surface area contributed by atoms with E-state index in [9.17, 15) is 13.2 Å². The number of benzene rings is 1. The van der Waals surface area contributed by atoms with E-state index in [1.54, 1.807) is 0 Å². The van der Waals surface area contributed by atoms with Gasteiger partial charge in [0.05, 0.1) is 5.56 Å². The minimum absolute atomic E-state index is 0.0845. The lowest BCUT2D eigenvalue weighted by Crippen LogP contribution is -2.31. The summed E-state index contributed by atoms with van der Waals surface area (Å²) in [6, 6.07) is 7.13. The predicted octanol–water partition coefficient (Wildman–Crippen LogP) is 4.85. The Bertz CT molecular complexity index is 713. The molecule has 0 radical (unpaired) electrons. The molecule has 1 aromatic heterocycles. The number of alkyl halides is 3. The maximum absolute atomic E-state index is 13.4. The lowest BCUT2D eigenvalue weighted by molar-refractivity contribution is -0.169. The van der Waals surface area contributed by atoms with Crippen molar-refractivity contribution >= 4 is 23.5 Å². The summed E-state index contributed by atoms with van der Waals surface area (Å²) in [6.45, 7) is 0.